The fourth-order valence-electron chi connectivity index (χ4n) is 2.61. The number of hydrogen-bond acceptors (Lipinski definition) is 5. The highest BCUT2D eigenvalue weighted by molar-refractivity contribution is 6.08. The quantitative estimate of drug-likeness (QED) is 0.454. The third kappa shape index (κ3) is 5.57. The van der Waals surface area contributed by atoms with Gasteiger partial charge in [0.15, 0.2) is 5.76 Å². The van der Waals surface area contributed by atoms with Crippen molar-refractivity contribution >= 4 is 29.3 Å². The van der Waals surface area contributed by atoms with Gasteiger partial charge in [0, 0.05) is 5.56 Å². The van der Waals surface area contributed by atoms with Crippen molar-refractivity contribution in [2.24, 2.45) is 0 Å². The van der Waals surface area contributed by atoms with Crippen molar-refractivity contribution < 1.29 is 23.6 Å². The summed E-state index contributed by atoms with van der Waals surface area (Å²) in [4.78, 5) is 49.1. The largest absolute Gasteiger partial charge is 0.459 e. The summed E-state index contributed by atoms with van der Waals surface area (Å²) in [6.07, 6.45) is 1.37. The smallest absolute Gasteiger partial charge is 0.291 e. The van der Waals surface area contributed by atoms with Crippen LogP contribution in [0.4, 0.5) is 5.69 Å². The van der Waals surface area contributed by atoms with Crippen LogP contribution in [0.15, 0.2) is 77.4 Å². The first kappa shape index (κ1) is 21.3. The van der Waals surface area contributed by atoms with Crippen LogP contribution in [-0.2, 0) is 4.79 Å². The number of para-hydroxylation sites is 1. The van der Waals surface area contributed by atoms with E-state index in [-0.39, 0.29) is 17.0 Å². The summed E-state index contributed by atoms with van der Waals surface area (Å²) >= 11 is 0. The van der Waals surface area contributed by atoms with Crippen molar-refractivity contribution in [2.45, 2.75) is 13.0 Å². The van der Waals surface area contributed by atoms with Crippen LogP contribution in [0.2, 0.25) is 0 Å². The Kier molecular flexibility index (Phi) is 6.79. The number of hydrogen-bond donors (Lipinski definition) is 4. The van der Waals surface area contributed by atoms with Gasteiger partial charge in [-0.05, 0) is 43.3 Å². The number of hydrazine groups is 1. The maximum atomic E-state index is 12.7. The predicted octanol–water partition coefficient (Wildman–Crippen LogP) is 2.11. The van der Waals surface area contributed by atoms with Crippen LogP contribution in [0.25, 0.3) is 0 Å². The maximum Gasteiger partial charge on any atom is 0.291 e. The SMILES string of the molecule is C[C@@H](NC(=O)c1ccccc1NC(=O)c1ccco1)C(=O)NNC(=O)c1ccccc1. The van der Waals surface area contributed by atoms with E-state index in [2.05, 4.69) is 21.5 Å². The molecule has 0 aliphatic carbocycles. The van der Waals surface area contributed by atoms with E-state index in [1.54, 1.807) is 54.6 Å². The van der Waals surface area contributed by atoms with Crippen LogP contribution in [0.5, 0.6) is 0 Å². The van der Waals surface area contributed by atoms with Crippen molar-refractivity contribution in [3.05, 3.63) is 89.9 Å². The fraction of sp³-hybridized carbons (Fsp3) is 0.0909. The first-order chi connectivity index (χ1) is 15.0. The van der Waals surface area contributed by atoms with Gasteiger partial charge in [0.1, 0.15) is 6.04 Å². The van der Waals surface area contributed by atoms with Crippen molar-refractivity contribution in [3.63, 3.8) is 0 Å². The minimum atomic E-state index is -0.961. The molecule has 9 nitrogen and oxygen atoms in total. The van der Waals surface area contributed by atoms with Gasteiger partial charge in [0.05, 0.1) is 17.5 Å². The van der Waals surface area contributed by atoms with Crippen molar-refractivity contribution in [2.75, 3.05) is 5.32 Å². The normalized spacial score (nSPS) is 11.1. The average molecular weight is 420 g/mol. The molecule has 1 aromatic heterocycles. The lowest BCUT2D eigenvalue weighted by Gasteiger charge is -2.16. The van der Waals surface area contributed by atoms with Gasteiger partial charge in [-0.3, -0.25) is 30.0 Å². The zero-order chi connectivity index (χ0) is 22.2. The lowest BCUT2D eigenvalue weighted by Crippen LogP contribution is -2.51. The third-order valence-electron chi connectivity index (χ3n) is 4.24. The summed E-state index contributed by atoms with van der Waals surface area (Å²) in [6, 6.07) is 16.8. The first-order valence-corrected chi connectivity index (χ1v) is 9.35. The number of carbonyl (C=O) groups excluding carboxylic acids is 4. The molecule has 1 atom stereocenters. The lowest BCUT2D eigenvalue weighted by molar-refractivity contribution is -0.123. The van der Waals surface area contributed by atoms with E-state index in [1.165, 1.54) is 25.3 Å². The molecule has 0 aliphatic heterocycles. The lowest BCUT2D eigenvalue weighted by atomic mass is 10.1. The molecule has 0 radical (unpaired) electrons. The minimum Gasteiger partial charge on any atom is -0.459 e. The zero-order valence-electron chi connectivity index (χ0n) is 16.5. The Balaban J connectivity index is 1.58. The average Bonchev–Trinajstić information content (AvgIpc) is 3.33. The summed E-state index contributed by atoms with van der Waals surface area (Å²) in [5, 5.41) is 5.13. The second-order valence-electron chi connectivity index (χ2n) is 6.48. The number of rotatable bonds is 6. The van der Waals surface area contributed by atoms with E-state index >= 15 is 0 Å². The number of carbonyl (C=O) groups is 4. The highest BCUT2D eigenvalue weighted by atomic mass is 16.3. The van der Waals surface area contributed by atoms with Crippen LogP contribution in [0, 0.1) is 0 Å². The van der Waals surface area contributed by atoms with Gasteiger partial charge in [-0.15, -0.1) is 0 Å². The molecular formula is C22H20N4O5. The Bertz CT molecular complexity index is 1080. The molecule has 2 aromatic carbocycles. The second-order valence-corrected chi connectivity index (χ2v) is 6.48. The van der Waals surface area contributed by atoms with Gasteiger partial charge in [-0.1, -0.05) is 30.3 Å². The molecule has 0 spiro atoms. The molecule has 3 aromatic rings. The highest BCUT2D eigenvalue weighted by Crippen LogP contribution is 2.16. The summed E-state index contributed by atoms with van der Waals surface area (Å²) < 4.78 is 5.04. The van der Waals surface area contributed by atoms with Crippen LogP contribution < -0.4 is 21.5 Å². The van der Waals surface area contributed by atoms with Crippen molar-refractivity contribution in [1.29, 1.82) is 0 Å². The van der Waals surface area contributed by atoms with Gasteiger partial charge >= 0.3 is 0 Å². The predicted molar refractivity (Wildman–Crippen MR) is 112 cm³/mol. The van der Waals surface area contributed by atoms with Gasteiger partial charge in [0.25, 0.3) is 23.6 Å². The van der Waals surface area contributed by atoms with E-state index < -0.39 is 29.7 Å². The van der Waals surface area contributed by atoms with E-state index in [4.69, 9.17) is 4.42 Å². The molecule has 0 bridgehead atoms. The molecule has 0 aliphatic rings. The molecule has 0 fully saturated rings. The highest BCUT2D eigenvalue weighted by Gasteiger charge is 2.20. The molecule has 9 heteroatoms. The Morgan fingerprint density at radius 1 is 0.774 bits per heavy atom. The van der Waals surface area contributed by atoms with Crippen LogP contribution in [0.3, 0.4) is 0 Å². The van der Waals surface area contributed by atoms with E-state index in [1.807, 2.05) is 0 Å². The van der Waals surface area contributed by atoms with E-state index in [0.717, 1.165) is 0 Å². The van der Waals surface area contributed by atoms with E-state index in [9.17, 15) is 19.2 Å². The minimum absolute atomic E-state index is 0.0946. The zero-order valence-corrected chi connectivity index (χ0v) is 16.5. The molecule has 0 saturated carbocycles. The maximum absolute atomic E-state index is 12.7. The van der Waals surface area contributed by atoms with Gasteiger partial charge in [0.2, 0.25) is 0 Å². The Morgan fingerprint density at radius 2 is 1.48 bits per heavy atom. The Hall–Kier alpha value is -4.40. The molecular weight excluding hydrogens is 400 g/mol. The van der Waals surface area contributed by atoms with Crippen LogP contribution in [0.1, 0.15) is 38.2 Å². The van der Waals surface area contributed by atoms with Gasteiger partial charge in [-0.25, -0.2) is 0 Å². The van der Waals surface area contributed by atoms with Gasteiger partial charge < -0.3 is 15.1 Å². The molecule has 4 N–H and O–H groups in total. The third-order valence-corrected chi connectivity index (χ3v) is 4.24. The van der Waals surface area contributed by atoms with Crippen LogP contribution >= 0.6 is 0 Å². The fourth-order valence-corrected chi connectivity index (χ4v) is 2.61. The van der Waals surface area contributed by atoms with E-state index in [0.29, 0.717) is 5.56 Å². The first-order valence-electron chi connectivity index (χ1n) is 9.35. The monoisotopic (exact) mass is 420 g/mol. The molecule has 0 unspecified atom stereocenters. The molecule has 31 heavy (non-hydrogen) atoms. The molecule has 158 valence electrons. The Labute approximate surface area is 177 Å². The number of furan rings is 1. The summed E-state index contributed by atoms with van der Waals surface area (Å²) in [5.74, 6) is -2.10. The number of nitrogens with one attached hydrogen (secondary N) is 4. The van der Waals surface area contributed by atoms with Crippen molar-refractivity contribution in [1.82, 2.24) is 16.2 Å². The molecule has 4 amide bonds. The summed E-state index contributed by atoms with van der Waals surface area (Å²) in [5.41, 5.74) is 5.35. The molecule has 3 rings (SSSR count). The second kappa shape index (κ2) is 9.88. The molecule has 1 heterocycles. The topological polar surface area (TPSA) is 130 Å². The van der Waals surface area contributed by atoms with Gasteiger partial charge in [-0.2, -0.15) is 0 Å². The summed E-state index contributed by atoms with van der Waals surface area (Å²) in [6.45, 7) is 1.46. The number of anilines is 1. The number of benzene rings is 2. The standard InChI is InChI=1S/C22H20N4O5/c1-14(19(27)25-26-20(28)15-8-3-2-4-9-15)23-21(29)16-10-5-6-11-17(16)24-22(30)18-12-7-13-31-18/h2-14H,1H3,(H,23,29)(H,24,30)(H,25,27)(H,26,28)/t14-/m1/s1. The number of amides is 4. The Morgan fingerprint density at radius 3 is 2.19 bits per heavy atom. The molecule has 0 saturated heterocycles. The summed E-state index contributed by atoms with van der Waals surface area (Å²) in [7, 11) is 0. The van der Waals surface area contributed by atoms with Crippen LogP contribution in [-0.4, -0.2) is 29.7 Å². The van der Waals surface area contributed by atoms with Crippen molar-refractivity contribution in [3.8, 4) is 0 Å².